The molecule has 3 rings (SSSR count). The third-order valence-electron chi connectivity index (χ3n) is 4.41. The first-order valence-electron chi connectivity index (χ1n) is 8.52. The van der Waals surface area contributed by atoms with Gasteiger partial charge in [0.05, 0.1) is 24.2 Å². The Morgan fingerprint density at radius 3 is 2.63 bits per heavy atom. The van der Waals surface area contributed by atoms with Crippen LogP contribution in [0.1, 0.15) is 32.1 Å². The van der Waals surface area contributed by atoms with Crippen molar-refractivity contribution >= 4 is 39.1 Å². The number of aryl methyl sites for hydroxylation is 1. The van der Waals surface area contributed by atoms with Crippen molar-refractivity contribution in [2.24, 2.45) is 5.41 Å². The molecule has 3 aromatic rings. The molecule has 27 heavy (non-hydrogen) atoms. The van der Waals surface area contributed by atoms with E-state index in [1.807, 2.05) is 52.0 Å². The first kappa shape index (κ1) is 21.1. The summed E-state index contributed by atoms with van der Waals surface area (Å²) in [5.41, 5.74) is 1.45. The number of methoxy groups -OCH3 is 1. The average molecular weight is 407 g/mol. The third-order valence-corrected chi connectivity index (χ3v) is 5.65. The summed E-state index contributed by atoms with van der Waals surface area (Å²) in [4.78, 5) is 31.4. The molecule has 0 unspecified atom stereocenters. The van der Waals surface area contributed by atoms with E-state index in [9.17, 15) is 9.59 Å². The molecule has 0 saturated carbocycles. The Balaban J connectivity index is 0.000000249. The lowest BCUT2D eigenvalue weighted by molar-refractivity contribution is -0.150. The van der Waals surface area contributed by atoms with Crippen LogP contribution in [0, 0.1) is 12.3 Å². The van der Waals surface area contributed by atoms with Crippen molar-refractivity contribution in [3.8, 4) is 11.1 Å². The van der Waals surface area contributed by atoms with Gasteiger partial charge in [-0.15, -0.1) is 11.3 Å². The fourth-order valence-corrected chi connectivity index (χ4v) is 3.67. The van der Waals surface area contributed by atoms with E-state index in [1.165, 1.54) is 24.8 Å². The third kappa shape index (κ3) is 4.76. The van der Waals surface area contributed by atoms with Gasteiger partial charge in [-0.25, -0.2) is 4.98 Å². The molecule has 2 heterocycles. The molecule has 0 amide bonds. The first-order chi connectivity index (χ1) is 12.7. The number of esters is 1. The molecule has 0 aliphatic rings. The number of aromatic amines is 1. The van der Waals surface area contributed by atoms with Crippen molar-refractivity contribution in [3.05, 3.63) is 50.8 Å². The second-order valence-electron chi connectivity index (χ2n) is 6.68. The Hall–Kier alpha value is -2.18. The Bertz CT molecular complexity index is 1010. The van der Waals surface area contributed by atoms with Gasteiger partial charge in [0.1, 0.15) is 4.83 Å². The summed E-state index contributed by atoms with van der Waals surface area (Å²) in [6, 6.07) is 7.51. The molecule has 1 N–H and O–H groups in total. The number of halogens is 1. The highest BCUT2D eigenvalue weighted by Gasteiger charge is 2.25. The number of benzene rings is 1. The highest BCUT2D eigenvalue weighted by atomic mass is 35.5. The molecule has 0 radical (unpaired) electrons. The number of thiophene rings is 1. The van der Waals surface area contributed by atoms with E-state index in [0.717, 1.165) is 27.3 Å². The minimum atomic E-state index is -0.311. The minimum Gasteiger partial charge on any atom is -0.469 e. The number of H-pyrrole nitrogens is 1. The summed E-state index contributed by atoms with van der Waals surface area (Å²) in [5, 5.41) is 1.30. The Morgan fingerprint density at radius 2 is 2.07 bits per heavy atom. The number of hydrogen-bond donors (Lipinski definition) is 1. The van der Waals surface area contributed by atoms with E-state index in [1.54, 1.807) is 0 Å². The van der Waals surface area contributed by atoms with E-state index >= 15 is 0 Å². The van der Waals surface area contributed by atoms with Crippen LogP contribution in [0.3, 0.4) is 0 Å². The topological polar surface area (TPSA) is 72.0 Å². The smallest absolute Gasteiger partial charge is 0.311 e. The van der Waals surface area contributed by atoms with Crippen LogP contribution in [0.15, 0.2) is 35.4 Å². The summed E-state index contributed by atoms with van der Waals surface area (Å²) in [5.74, 6) is -0.134. The fraction of sp³-hybridized carbons (Fsp3) is 0.350. The van der Waals surface area contributed by atoms with Gasteiger partial charge in [-0.1, -0.05) is 30.7 Å². The minimum absolute atomic E-state index is 0.112. The van der Waals surface area contributed by atoms with Crippen LogP contribution in [0.5, 0.6) is 0 Å². The molecule has 0 fully saturated rings. The molecule has 0 bridgehead atoms. The van der Waals surface area contributed by atoms with Crippen LogP contribution in [0.25, 0.3) is 21.3 Å². The van der Waals surface area contributed by atoms with Crippen molar-refractivity contribution in [2.75, 3.05) is 7.11 Å². The van der Waals surface area contributed by atoms with E-state index in [2.05, 4.69) is 14.7 Å². The zero-order valence-corrected chi connectivity index (χ0v) is 17.6. The van der Waals surface area contributed by atoms with Crippen molar-refractivity contribution in [1.82, 2.24) is 9.97 Å². The maximum Gasteiger partial charge on any atom is 0.311 e. The van der Waals surface area contributed by atoms with Crippen molar-refractivity contribution in [2.45, 2.75) is 34.1 Å². The molecule has 0 spiro atoms. The zero-order valence-electron chi connectivity index (χ0n) is 16.1. The molecule has 0 atom stereocenters. The summed E-state index contributed by atoms with van der Waals surface area (Å²) in [6.07, 6.45) is 2.25. The average Bonchev–Trinajstić information content (AvgIpc) is 2.98. The van der Waals surface area contributed by atoms with Crippen LogP contribution in [0.4, 0.5) is 0 Å². The van der Waals surface area contributed by atoms with E-state index in [-0.39, 0.29) is 16.9 Å². The summed E-state index contributed by atoms with van der Waals surface area (Å²) >= 11 is 7.53. The molecule has 7 heteroatoms. The Kier molecular flexibility index (Phi) is 6.78. The number of fused-ring (bicyclic) bond motifs is 1. The number of carbonyl (C=O) groups excluding carboxylic acids is 1. The summed E-state index contributed by atoms with van der Waals surface area (Å²) in [6.45, 7) is 7.70. The van der Waals surface area contributed by atoms with Gasteiger partial charge in [0, 0.05) is 15.5 Å². The van der Waals surface area contributed by atoms with Crippen LogP contribution in [-0.2, 0) is 9.53 Å². The monoisotopic (exact) mass is 406 g/mol. The Labute approximate surface area is 167 Å². The van der Waals surface area contributed by atoms with Crippen LogP contribution in [0.2, 0.25) is 5.02 Å². The highest BCUT2D eigenvalue weighted by molar-refractivity contribution is 7.19. The summed E-state index contributed by atoms with van der Waals surface area (Å²) < 4.78 is 4.57. The maximum atomic E-state index is 11.9. The predicted octanol–water partition coefficient (Wildman–Crippen LogP) is 5.21. The maximum absolute atomic E-state index is 11.9. The molecule has 0 aliphatic heterocycles. The molecule has 0 saturated heterocycles. The summed E-state index contributed by atoms with van der Waals surface area (Å²) in [7, 11) is 1.42. The predicted molar refractivity (Wildman–Crippen MR) is 112 cm³/mol. The number of aromatic nitrogens is 2. The second-order valence-corrected chi connectivity index (χ2v) is 8.32. The van der Waals surface area contributed by atoms with Gasteiger partial charge >= 0.3 is 5.97 Å². The SMILES string of the molecule is CCC(C)(C)C(=O)OC.Cc1sc2nc[nH]c(=O)c2c1-c1cccc(Cl)c1. The van der Waals surface area contributed by atoms with Crippen molar-refractivity contribution in [1.29, 1.82) is 0 Å². The van der Waals surface area contributed by atoms with Gasteiger partial charge < -0.3 is 9.72 Å². The van der Waals surface area contributed by atoms with Crippen LogP contribution >= 0.6 is 22.9 Å². The van der Waals surface area contributed by atoms with Crippen molar-refractivity contribution in [3.63, 3.8) is 0 Å². The Morgan fingerprint density at radius 1 is 1.37 bits per heavy atom. The van der Waals surface area contributed by atoms with Crippen LogP contribution < -0.4 is 5.56 Å². The number of nitrogens with one attached hydrogen (secondary N) is 1. The lowest BCUT2D eigenvalue weighted by Gasteiger charge is -2.17. The quantitative estimate of drug-likeness (QED) is 0.606. The first-order valence-corrected chi connectivity index (χ1v) is 9.71. The lowest BCUT2D eigenvalue weighted by Crippen LogP contribution is -2.24. The normalized spacial score (nSPS) is 11.0. The van der Waals surface area contributed by atoms with E-state index in [4.69, 9.17) is 11.6 Å². The van der Waals surface area contributed by atoms with Gasteiger partial charge in [0.2, 0.25) is 0 Å². The standard InChI is InChI=1S/C13H9ClN2OS.C7H14O2/c1-7-10(8-3-2-4-9(14)5-8)11-12(17)15-6-16-13(11)18-7;1-5-7(2,3)6(8)9-4/h2-6H,1H3,(H,15,16,17);5H2,1-4H3. The number of hydrogen-bond acceptors (Lipinski definition) is 5. The fourth-order valence-electron chi connectivity index (χ4n) is 2.47. The van der Waals surface area contributed by atoms with Gasteiger partial charge in [-0.3, -0.25) is 9.59 Å². The number of carbonyl (C=O) groups is 1. The molecule has 1 aromatic carbocycles. The number of rotatable bonds is 3. The van der Waals surface area contributed by atoms with Crippen molar-refractivity contribution < 1.29 is 9.53 Å². The van der Waals surface area contributed by atoms with E-state index in [0.29, 0.717) is 10.4 Å². The van der Waals surface area contributed by atoms with Gasteiger partial charge in [-0.05, 0) is 44.9 Å². The highest BCUT2D eigenvalue weighted by Crippen LogP contribution is 2.35. The number of ether oxygens (including phenoxy) is 1. The molecule has 144 valence electrons. The second kappa shape index (κ2) is 8.67. The molecule has 0 aliphatic carbocycles. The molecule has 5 nitrogen and oxygen atoms in total. The largest absolute Gasteiger partial charge is 0.469 e. The van der Waals surface area contributed by atoms with E-state index < -0.39 is 0 Å². The number of nitrogens with zero attached hydrogens (tertiary/aromatic N) is 1. The zero-order chi connectivity index (χ0) is 20.2. The van der Waals surface area contributed by atoms with Gasteiger partial charge in [-0.2, -0.15) is 0 Å². The molecular formula is C20H23ClN2O3S. The molecule has 2 aromatic heterocycles. The van der Waals surface area contributed by atoms with Gasteiger partial charge in [0.25, 0.3) is 5.56 Å². The van der Waals surface area contributed by atoms with Crippen LogP contribution in [-0.4, -0.2) is 23.0 Å². The molecular weight excluding hydrogens is 384 g/mol. The lowest BCUT2D eigenvalue weighted by atomic mass is 9.91. The van der Waals surface area contributed by atoms with Gasteiger partial charge in [0.15, 0.2) is 0 Å².